The van der Waals surface area contributed by atoms with Gasteiger partial charge >= 0.3 is 0 Å². The van der Waals surface area contributed by atoms with Gasteiger partial charge in [-0.2, -0.15) is 0 Å². The van der Waals surface area contributed by atoms with Crippen molar-refractivity contribution in [3.63, 3.8) is 0 Å². The fourth-order valence-corrected chi connectivity index (χ4v) is 3.67. The van der Waals surface area contributed by atoms with E-state index in [4.69, 9.17) is 14.2 Å². The number of aliphatic hydroxyl groups is 1. The number of hydrogen-bond donors (Lipinski definition) is 1. The summed E-state index contributed by atoms with van der Waals surface area (Å²) in [4.78, 5) is 0. The maximum atomic E-state index is 9.88. The number of fused-ring (bicyclic) bond motifs is 1. The quantitative estimate of drug-likeness (QED) is 0.903. The predicted molar refractivity (Wildman–Crippen MR) is 68.4 cm³/mol. The van der Waals surface area contributed by atoms with Gasteiger partial charge in [0.15, 0.2) is 11.5 Å². The first-order valence-electron chi connectivity index (χ1n) is 6.88. The zero-order valence-corrected chi connectivity index (χ0v) is 10.9. The second-order valence-corrected chi connectivity index (χ2v) is 5.93. The van der Waals surface area contributed by atoms with Crippen LogP contribution >= 0.6 is 0 Å². The molecule has 1 saturated heterocycles. The Morgan fingerprint density at radius 1 is 1.11 bits per heavy atom. The van der Waals surface area contributed by atoms with Crippen LogP contribution in [0.2, 0.25) is 0 Å². The number of ether oxygens (including phenoxy) is 3. The Bertz CT molecular complexity index is 497. The highest BCUT2D eigenvalue weighted by Gasteiger charge is 2.59. The van der Waals surface area contributed by atoms with Crippen LogP contribution in [0.5, 0.6) is 11.5 Å². The molecule has 0 radical (unpaired) electrons. The van der Waals surface area contributed by atoms with Gasteiger partial charge in [0.2, 0.25) is 6.79 Å². The first-order valence-corrected chi connectivity index (χ1v) is 6.88. The molecule has 19 heavy (non-hydrogen) atoms. The zero-order chi connectivity index (χ0) is 12.9. The summed E-state index contributed by atoms with van der Waals surface area (Å²) in [5.74, 6) is 1.63. The molecule has 1 N–H and O–H groups in total. The van der Waals surface area contributed by atoms with Gasteiger partial charge in [0.25, 0.3) is 0 Å². The average Bonchev–Trinajstić information content (AvgIpc) is 2.78. The maximum Gasteiger partial charge on any atom is 0.231 e. The van der Waals surface area contributed by atoms with Crippen molar-refractivity contribution in [2.24, 2.45) is 5.41 Å². The molecule has 1 saturated carbocycles. The molecule has 0 bridgehead atoms. The highest BCUT2D eigenvalue weighted by Crippen LogP contribution is 2.58. The van der Waals surface area contributed by atoms with Crippen LogP contribution in [0.1, 0.15) is 24.8 Å². The molecule has 2 heterocycles. The number of rotatable bonds is 3. The van der Waals surface area contributed by atoms with Gasteiger partial charge in [-0.25, -0.2) is 0 Å². The third-order valence-electron chi connectivity index (χ3n) is 5.25. The van der Waals surface area contributed by atoms with Gasteiger partial charge in [-0.3, -0.25) is 0 Å². The van der Waals surface area contributed by atoms with E-state index in [0.29, 0.717) is 20.0 Å². The molecular formula is C15H18O4. The van der Waals surface area contributed by atoms with E-state index < -0.39 is 0 Å². The summed E-state index contributed by atoms with van der Waals surface area (Å²) in [7, 11) is 0. The summed E-state index contributed by atoms with van der Waals surface area (Å²) in [5, 5.41) is 9.88. The lowest BCUT2D eigenvalue weighted by Crippen LogP contribution is -2.63. The van der Waals surface area contributed by atoms with Gasteiger partial charge < -0.3 is 19.3 Å². The van der Waals surface area contributed by atoms with E-state index in [2.05, 4.69) is 12.1 Å². The molecule has 4 heteroatoms. The van der Waals surface area contributed by atoms with E-state index in [1.54, 1.807) is 0 Å². The zero-order valence-electron chi connectivity index (χ0n) is 10.9. The summed E-state index contributed by atoms with van der Waals surface area (Å²) in [6.45, 7) is 1.94. The van der Waals surface area contributed by atoms with Crippen LogP contribution in [-0.2, 0) is 10.2 Å². The summed E-state index contributed by atoms with van der Waals surface area (Å²) in [6.07, 6.45) is 3.37. The molecule has 0 unspecified atom stereocenters. The third kappa shape index (κ3) is 1.36. The lowest BCUT2D eigenvalue weighted by atomic mass is 9.50. The van der Waals surface area contributed by atoms with Gasteiger partial charge in [-0.1, -0.05) is 12.5 Å². The Kier molecular flexibility index (Phi) is 2.35. The Morgan fingerprint density at radius 3 is 2.47 bits per heavy atom. The predicted octanol–water partition coefficient (Wildman–Crippen LogP) is 1.85. The van der Waals surface area contributed by atoms with Crippen molar-refractivity contribution in [1.29, 1.82) is 0 Å². The number of hydrogen-bond acceptors (Lipinski definition) is 4. The molecule has 4 nitrogen and oxygen atoms in total. The first kappa shape index (κ1) is 11.6. The number of aliphatic hydroxyl groups excluding tert-OH is 1. The van der Waals surface area contributed by atoms with Crippen molar-refractivity contribution in [1.82, 2.24) is 0 Å². The molecule has 1 aromatic rings. The molecule has 3 aliphatic rings. The molecule has 1 aliphatic carbocycles. The molecular weight excluding hydrogens is 244 g/mol. The molecule has 2 fully saturated rings. The lowest BCUT2D eigenvalue weighted by molar-refractivity contribution is -0.173. The van der Waals surface area contributed by atoms with Crippen LogP contribution in [-0.4, -0.2) is 31.7 Å². The van der Waals surface area contributed by atoms with Gasteiger partial charge in [0.05, 0.1) is 13.2 Å². The second kappa shape index (κ2) is 3.87. The largest absolute Gasteiger partial charge is 0.454 e. The van der Waals surface area contributed by atoms with E-state index in [1.807, 2.05) is 6.07 Å². The molecule has 0 spiro atoms. The number of benzene rings is 1. The molecule has 0 amide bonds. The van der Waals surface area contributed by atoms with E-state index in [0.717, 1.165) is 24.3 Å². The van der Waals surface area contributed by atoms with Gasteiger partial charge in [-0.15, -0.1) is 0 Å². The van der Waals surface area contributed by atoms with Crippen molar-refractivity contribution in [3.05, 3.63) is 23.8 Å². The minimum Gasteiger partial charge on any atom is -0.454 e. The molecule has 102 valence electrons. The SMILES string of the molecule is OCC1(C2(c3ccc4c(c3)OCO4)COC2)CCC1. The Hall–Kier alpha value is -1.26. The normalized spacial score (nSPS) is 25.5. The average molecular weight is 262 g/mol. The summed E-state index contributed by atoms with van der Waals surface area (Å²) in [5.41, 5.74) is 1.18. The van der Waals surface area contributed by atoms with Crippen molar-refractivity contribution in [2.45, 2.75) is 24.7 Å². The minimum atomic E-state index is -0.0407. The molecule has 0 aromatic heterocycles. The fourth-order valence-electron chi connectivity index (χ4n) is 3.67. The van der Waals surface area contributed by atoms with E-state index >= 15 is 0 Å². The highest BCUT2D eigenvalue weighted by atomic mass is 16.7. The second-order valence-electron chi connectivity index (χ2n) is 5.93. The smallest absolute Gasteiger partial charge is 0.231 e. The fraction of sp³-hybridized carbons (Fsp3) is 0.600. The van der Waals surface area contributed by atoms with Crippen LogP contribution in [0.15, 0.2) is 18.2 Å². The summed E-state index contributed by atoms with van der Waals surface area (Å²) < 4.78 is 16.4. The maximum absolute atomic E-state index is 9.88. The molecule has 1 aromatic carbocycles. The monoisotopic (exact) mass is 262 g/mol. The van der Waals surface area contributed by atoms with E-state index in [1.165, 1.54) is 12.0 Å². The molecule has 0 atom stereocenters. The van der Waals surface area contributed by atoms with Crippen LogP contribution < -0.4 is 9.47 Å². The topological polar surface area (TPSA) is 47.9 Å². The first-order chi connectivity index (χ1) is 9.30. The van der Waals surface area contributed by atoms with Gasteiger partial charge in [0.1, 0.15) is 0 Å². The van der Waals surface area contributed by atoms with Crippen LogP contribution in [0.3, 0.4) is 0 Å². The summed E-state index contributed by atoms with van der Waals surface area (Å²) >= 11 is 0. The minimum absolute atomic E-state index is 0.00104. The third-order valence-corrected chi connectivity index (χ3v) is 5.25. The van der Waals surface area contributed by atoms with Gasteiger partial charge in [0, 0.05) is 17.4 Å². The summed E-state index contributed by atoms with van der Waals surface area (Å²) in [6, 6.07) is 6.15. The van der Waals surface area contributed by atoms with Crippen molar-refractivity contribution < 1.29 is 19.3 Å². The Morgan fingerprint density at radius 2 is 1.89 bits per heavy atom. The Labute approximate surface area is 112 Å². The van der Waals surface area contributed by atoms with Gasteiger partial charge in [-0.05, 0) is 30.5 Å². The van der Waals surface area contributed by atoms with Crippen LogP contribution in [0.25, 0.3) is 0 Å². The van der Waals surface area contributed by atoms with Crippen LogP contribution in [0.4, 0.5) is 0 Å². The van der Waals surface area contributed by atoms with Crippen molar-refractivity contribution in [3.8, 4) is 11.5 Å². The highest BCUT2D eigenvalue weighted by molar-refractivity contribution is 5.48. The molecule has 2 aliphatic heterocycles. The molecule has 4 rings (SSSR count). The van der Waals surface area contributed by atoms with Crippen LogP contribution in [0, 0.1) is 5.41 Å². The van der Waals surface area contributed by atoms with Crippen molar-refractivity contribution in [2.75, 3.05) is 26.6 Å². The lowest BCUT2D eigenvalue weighted by Gasteiger charge is -2.59. The standard InChI is InChI=1S/C15H18O4/c16-7-14(4-1-5-14)15(8-17-9-15)11-2-3-12-13(6-11)19-10-18-12/h2-3,6,16H,1,4-5,7-10H2. The Balaban J connectivity index is 1.76. The van der Waals surface area contributed by atoms with E-state index in [9.17, 15) is 5.11 Å². The van der Waals surface area contributed by atoms with E-state index in [-0.39, 0.29) is 17.4 Å². The van der Waals surface area contributed by atoms with Crippen molar-refractivity contribution >= 4 is 0 Å².